The molecule has 0 saturated carbocycles. The van der Waals surface area contributed by atoms with E-state index in [4.69, 9.17) is 0 Å². The zero-order chi connectivity index (χ0) is 15.9. The summed E-state index contributed by atoms with van der Waals surface area (Å²) in [5.74, 6) is -1.03. The number of benzene rings is 2. The lowest BCUT2D eigenvalue weighted by Gasteiger charge is -2.10. The van der Waals surface area contributed by atoms with Crippen LogP contribution in [0.25, 0.3) is 0 Å². The smallest absolute Gasteiger partial charge is 0.261 e. The van der Waals surface area contributed by atoms with Gasteiger partial charge in [-0.25, -0.2) is 12.8 Å². The number of amides is 1. The van der Waals surface area contributed by atoms with E-state index in [1.807, 2.05) is 6.92 Å². The van der Waals surface area contributed by atoms with E-state index >= 15 is 0 Å². The van der Waals surface area contributed by atoms with E-state index in [1.165, 1.54) is 18.2 Å². The molecule has 0 unspecified atom stereocenters. The summed E-state index contributed by atoms with van der Waals surface area (Å²) in [6.07, 6.45) is 0. The quantitative estimate of drug-likeness (QED) is 0.910. The van der Waals surface area contributed by atoms with Crippen LogP contribution in [0.1, 0.15) is 21.5 Å². The molecule has 22 heavy (non-hydrogen) atoms. The Kier molecular flexibility index (Phi) is 3.37. The van der Waals surface area contributed by atoms with E-state index in [2.05, 4.69) is 10.0 Å². The number of anilines is 1. The van der Waals surface area contributed by atoms with Gasteiger partial charge in [0.25, 0.3) is 15.9 Å². The molecule has 7 heteroatoms. The topological polar surface area (TPSA) is 75.3 Å². The normalized spacial score (nSPS) is 13.6. The molecule has 114 valence electrons. The van der Waals surface area contributed by atoms with Crippen molar-refractivity contribution in [2.75, 3.05) is 4.72 Å². The first-order chi connectivity index (χ1) is 10.4. The minimum atomic E-state index is -3.83. The zero-order valence-electron chi connectivity index (χ0n) is 11.7. The van der Waals surface area contributed by atoms with Crippen molar-refractivity contribution in [3.63, 3.8) is 0 Å². The number of fused-ring (bicyclic) bond motifs is 1. The van der Waals surface area contributed by atoms with Gasteiger partial charge in [0.15, 0.2) is 0 Å². The SMILES string of the molecule is Cc1ccc(S(=O)(=O)Nc2cc(F)c3c(c2)C(=O)NC3)cc1. The number of carbonyl (C=O) groups excluding carboxylic acids is 1. The fraction of sp³-hybridized carbons (Fsp3) is 0.133. The molecule has 0 aliphatic carbocycles. The summed E-state index contributed by atoms with van der Waals surface area (Å²) in [4.78, 5) is 11.7. The Morgan fingerprint density at radius 1 is 1.18 bits per heavy atom. The molecule has 3 rings (SSSR count). The van der Waals surface area contributed by atoms with Gasteiger partial charge in [0.1, 0.15) is 5.82 Å². The summed E-state index contributed by atoms with van der Waals surface area (Å²) >= 11 is 0. The van der Waals surface area contributed by atoms with Crippen molar-refractivity contribution in [1.29, 1.82) is 0 Å². The molecule has 5 nitrogen and oxygen atoms in total. The first-order valence-electron chi connectivity index (χ1n) is 6.57. The van der Waals surface area contributed by atoms with E-state index in [0.29, 0.717) is 0 Å². The molecule has 2 N–H and O–H groups in total. The highest BCUT2D eigenvalue weighted by molar-refractivity contribution is 7.92. The number of halogens is 1. The zero-order valence-corrected chi connectivity index (χ0v) is 12.5. The predicted octanol–water partition coefficient (Wildman–Crippen LogP) is 2.18. The Morgan fingerprint density at radius 3 is 2.55 bits per heavy atom. The van der Waals surface area contributed by atoms with Gasteiger partial charge in [-0.05, 0) is 31.2 Å². The molecule has 0 bridgehead atoms. The second-order valence-corrected chi connectivity index (χ2v) is 6.77. The Bertz CT molecular complexity index is 861. The van der Waals surface area contributed by atoms with Crippen LogP contribution in [0.5, 0.6) is 0 Å². The van der Waals surface area contributed by atoms with E-state index in [1.54, 1.807) is 12.1 Å². The van der Waals surface area contributed by atoms with E-state index in [-0.39, 0.29) is 28.3 Å². The lowest BCUT2D eigenvalue weighted by atomic mass is 10.1. The van der Waals surface area contributed by atoms with Crippen molar-refractivity contribution in [3.05, 3.63) is 58.9 Å². The van der Waals surface area contributed by atoms with Gasteiger partial charge in [-0.1, -0.05) is 17.7 Å². The van der Waals surface area contributed by atoms with Gasteiger partial charge in [0, 0.05) is 17.7 Å². The molecule has 0 radical (unpaired) electrons. The number of aryl methyl sites for hydroxylation is 1. The summed E-state index contributed by atoms with van der Waals surface area (Å²) < 4.78 is 40.8. The van der Waals surface area contributed by atoms with Crippen LogP contribution in [0.2, 0.25) is 0 Å². The van der Waals surface area contributed by atoms with Crippen LogP contribution in [-0.2, 0) is 16.6 Å². The molecule has 0 atom stereocenters. The fourth-order valence-corrected chi connectivity index (χ4v) is 3.31. The molecule has 1 aliphatic heterocycles. The van der Waals surface area contributed by atoms with E-state index < -0.39 is 21.7 Å². The number of hydrogen-bond acceptors (Lipinski definition) is 3. The second-order valence-electron chi connectivity index (χ2n) is 5.09. The van der Waals surface area contributed by atoms with Crippen LogP contribution in [-0.4, -0.2) is 14.3 Å². The highest BCUT2D eigenvalue weighted by Gasteiger charge is 2.24. The molecule has 2 aromatic carbocycles. The first kappa shape index (κ1) is 14.5. The molecular weight excluding hydrogens is 307 g/mol. The minimum absolute atomic E-state index is 0.0221. The largest absolute Gasteiger partial charge is 0.348 e. The third-order valence-electron chi connectivity index (χ3n) is 3.45. The Labute approximate surface area is 127 Å². The third kappa shape index (κ3) is 2.55. The van der Waals surface area contributed by atoms with Crippen LogP contribution in [0, 0.1) is 12.7 Å². The molecule has 1 aliphatic rings. The van der Waals surface area contributed by atoms with Crippen LogP contribution in [0.4, 0.5) is 10.1 Å². The highest BCUT2D eigenvalue weighted by Crippen LogP contribution is 2.25. The van der Waals surface area contributed by atoms with Crippen LogP contribution in [0.15, 0.2) is 41.3 Å². The van der Waals surface area contributed by atoms with Crippen LogP contribution >= 0.6 is 0 Å². The van der Waals surface area contributed by atoms with Crippen molar-refractivity contribution >= 4 is 21.6 Å². The van der Waals surface area contributed by atoms with Gasteiger partial charge < -0.3 is 5.32 Å². The average molecular weight is 320 g/mol. The van der Waals surface area contributed by atoms with Crippen molar-refractivity contribution in [2.45, 2.75) is 18.4 Å². The maximum absolute atomic E-state index is 13.9. The third-order valence-corrected chi connectivity index (χ3v) is 4.85. The highest BCUT2D eigenvalue weighted by atomic mass is 32.2. The number of nitrogens with one attached hydrogen (secondary N) is 2. The van der Waals surface area contributed by atoms with Gasteiger partial charge in [-0.2, -0.15) is 0 Å². The number of rotatable bonds is 3. The molecule has 0 spiro atoms. The van der Waals surface area contributed by atoms with Crippen LogP contribution < -0.4 is 10.0 Å². The standard InChI is InChI=1S/C15H13FN2O3S/c1-9-2-4-11(5-3-9)22(20,21)18-10-6-12-13(14(16)7-10)8-17-15(12)19/h2-7,18H,8H2,1H3,(H,17,19). The average Bonchev–Trinajstić information content (AvgIpc) is 2.81. The summed E-state index contributed by atoms with van der Waals surface area (Å²) in [6, 6.07) is 8.69. The molecule has 0 aromatic heterocycles. The molecule has 0 fully saturated rings. The van der Waals surface area contributed by atoms with Crippen LogP contribution in [0.3, 0.4) is 0 Å². The predicted molar refractivity (Wildman–Crippen MR) is 79.6 cm³/mol. The maximum Gasteiger partial charge on any atom is 0.261 e. The maximum atomic E-state index is 13.9. The van der Waals surface area contributed by atoms with Crippen molar-refractivity contribution in [1.82, 2.24) is 5.32 Å². The molecular formula is C15H13FN2O3S. The summed E-state index contributed by atoms with van der Waals surface area (Å²) in [5, 5.41) is 2.50. The second kappa shape index (κ2) is 5.10. The molecule has 2 aromatic rings. The van der Waals surface area contributed by atoms with Crippen molar-refractivity contribution in [2.24, 2.45) is 0 Å². The molecule has 0 saturated heterocycles. The first-order valence-corrected chi connectivity index (χ1v) is 8.05. The number of hydrogen-bond donors (Lipinski definition) is 2. The number of sulfonamides is 1. The summed E-state index contributed by atoms with van der Waals surface area (Å²) in [5.41, 5.74) is 1.36. The van der Waals surface area contributed by atoms with Crippen molar-refractivity contribution < 1.29 is 17.6 Å². The van der Waals surface area contributed by atoms with Gasteiger partial charge in [0.05, 0.1) is 10.6 Å². The van der Waals surface area contributed by atoms with Gasteiger partial charge in [0.2, 0.25) is 0 Å². The van der Waals surface area contributed by atoms with E-state index in [0.717, 1.165) is 11.6 Å². The molecule has 1 heterocycles. The van der Waals surface area contributed by atoms with Gasteiger partial charge in [-0.3, -0.25) is 9.52 Å². The summed E-state index contributed by atoms with van der Waals surface area (Å²) in [7, 11) is -3.83. The lowest BCUT2D eigenvalue weighted by molar-refractivity contribution is 0.0965. The van der Waals surface area contributed by atoms with Gasteiger partial charge in [-0.15, -0.1) is 0 Å². The number of carbonyl (C=O) groups is 1. The van der Waals surface area contributed by atoms with E-state index in [9.17, 15) is 17.6 Å². The molecule has 1 amide bonds. The Morgan fingerprint density at radius 2 is 1.86 bits per heavy atom. The Balaban J connectivity index is 1.96. The lowest BCUT2D eigenvalue weighted by Crippen LogP contribution is -2.14. The monoisotopic (exact) mass is 320 g/mol. The van der Waals surface area contributed by atoms with Crippen molar-refractivity contribution in [3.8, 4) is 0 Å². The van der Waals surface area contributed by atoms with Gasteiger partial charge >= 0.3 is 0 Å². The Hall–Kier alpha value is -2.41. The minimum Gasteiger partial charge on any atom is -0.348 e. The fourth-order valence-electron chi connectivity index (χ4n) is 2.27. The summed E-state index contributed by atoms with van der Waals surface area (Å²) in [6.45, 7) is 1.96.